The quantitative estimate of drug-likeness (QED) is 0.499. The molecule has 0 fully saturated rings. The molecule has 0 aliphatic carbocycles. The number of rotatable bonds is 8. The first kappa shape index (κ1) is 22.1. The third-order valence-electron chi connectivity index (χ3n) is 3.86. The number of carbonyl (C=O) groups excluding carboxylic acids is 3. The van der Waals surface area contributed by atoms with Gasteiger partial charge in [0.25, 0.3) is 5.91 Å². The number of esters is 1. The molecular formula is C20H22N2O6S. The fraction of sp³-hybridized carbons (Fsp3) is 0.250. The molecule has 0 radical (unpaired) electrons. The number of sulfonamides is 1. The van der Waals surface area contributed by atoms with Crippen molar-refractivity contribution >= 4 is 33.4 Å². The Hall–Kier alpha value is -3.20. The lowest BCUT2D eigenvalue weighted by atomic mass is 10.1. The van der Waals surface area contributed by atoms with Gasteiger partial charge in [-0.1, -0.05) is 17.7 Å². The highest BCUT2D eigenvalue weighted by molar-refractivity contribution is 7.92. The molecule has 0 aromatic heterocycles. The van der Waals surface area contributed by atoms with Crippen LogP contribution in [0.15, 0.2) is 48.5 Å². The Morgan fingerprint density at radius 3 is 2.07 bits per heavy atom. The van der Waals surface area contributed by atoms with E-state index in [1.165, 1.54) is 31.2 Å². The zero-order valence-corrected chi connectivity index (χ0v) is 17.1. The molecule has 0 unspecified atom stereocenters. The number of hydrogen-bond donors (Lipinski definition) is 2. The molecule has 2 N–H and O–H groups in total. The number of carbonyl (C=O) groups is 3. The van der Waals surface area contributed by atoms with Gasteiger partial charge in [0.15, 0.2) is 6.10 Å². The average Bonchev–Trinajstić information content (AvgIpc) is 2.65. The van der Waals surface area contributed by atoms with Crippen molar-refractivity contribution < 1.29 is 27.5 Å². The van der Waals surface area contributed by atoms with Gasteiger partial charge in [-0.3, -0.25) is 19.1 Å². The summed E-state index contributed by atoms with van der Waals surface area (Å²) in [7, 11) is -3.42. The molecule has 8 nitrogen and oxygen atoms in total. The topological polar surface area (TPSA) is 119 Å². The molecule has 0 saturated carbocycles. The van der Waals surface area contributed by atoms with Crippen LogP contribution in [0.2, 0.25) is 0 Å². The number of nitrogens with one attached hydrogen (secondary N) is 2. The van der Waals surface area contributed by atoms with Crippen LogP contribution >= 0.6 is 0 Å². The van der Waals surface area contributed by atoms with Crippen molar-refractivity contribution in [2.75, 3.05) is 17.5 Å². The lowest BCUT2D eigenvalue weighted by Crippen LogP contribution is -2.34. The normalized spacial score (nSPS) is 12.0. The van der Waals surface area contributed by atoms with Crippen molar-refractivity contribution in [1.29, 1.82) is 0 Å². The highest BCUT2D eigenvalue weighted by atomic mass is 32.2. The minimum Gasteiger partial charge on any atom is -0.453 e. The Kier molecular flexibility index (Phi) is 7.11. The summed E-state index contributed by atoms with van der Waals surface area (Å²) in [6.45, 7) is 2.94. The van der Waals surface area contributed by atoms with E-state index in [2.05, 4.69) is 10.0 Å². The van der Waals surface area contributed by atoms with E-state index in [4.69, 9.17) is 4.74 Å². The van der Waals surface area contributed by atoms with Crippen molar-refractivity contribution in [3.8, 4) is 0 Å². The Balaban J connectivity index is 1.87. The van der Waals surface area contributed by atoms with Crippen LogP contribution in [0.25, 0.3) is 0 Å². The molecule has 0 heterocycles. The SMILES string of the molecule is Cc1ccc(C(=O)NCC(=O)O[C@@H](C)C(=O)c2ccc(NS(C)(=O)=O)cc2)cc1. The second-order valence-corrected chi connectivity index (χ2v) is 8.25. The molecular weight excluding hydrogens is 396 g/mol. The number of ether oxygens (including phenoxy) is 1. The first-order valence-electron chi connectivity index (χ1n) is 8.71. The smallest absolute Gasteiger partial charge is 0.326 e. The minimum atomic E-state index is -3.42. The Morgan fingerprint density at radius 2 is 1.52 bits per heavy atom. The molecule has 0 aliphatic rings. The van der Waals surface area contributed by atoms with Gasteiger partial charge in [0.05, 0.1) is 6.26 Å². The summed E-state index contributed by atoms with van der Waals surface area (Å²) in [4.78, 5) is 36.3. The highest BCUT2D eigenvalue weighted by Crippen LogP contribution is 2.13. The van der Waals surface area contributed by atoms with Crippen LogP contribution < -0.4 is 10.0 Å². The molecule has 2 aromatic rings. The van der Waals surface area contributed by atoms with E-state index in [1.54, 1.807) is 24.3 Å². The van der Waals surface area contributed by atoms with Crippen LogP contribution in [0.3, 0.4) is 0 Å². The summed E-state index contributed by atoms with van der Waals surface area (Å²) < 4.78 is 29.8. The Bertz CT molecular complexity index is 998. The molecule has 2 aromatic carbocycles. The molecule has 0 saturated heterocycles. The van der Waals surface area contributed by atoms with E-state index in [0.717, 1.165) is 11.8 Å². The summed E-state index contributed by atoms with van der Waals surface area (Å²) in [5, 5.41) is 2.44. The van der Waals surface area contributed by atoms with Gasteiger partial charge in [0.2, 0.25) is 15.8 Å². The number of aryl methyl sites for hydroxylation is 1. The van der Waals surface area contributed by atoms with E-state index < -0.39 is 33.8 Å². The van der Waals surface area contributed by atoms with E-state index in [1.807, 2.05) is 6.92 Å². The maximum atomic E-state index is 12.4. The fourth-order valence-electron chi connectivity index (χ4n) is 2.40. The van der Waals surface area contributed by atoms with Crippen LogP contribution in [-0.4, -0.2) is 45.0 Å². The predicted octanol–water partition coefficient (Wildman–Crippen LogP) is 1.91. The van der Waals surface area contributed by atoms with Crippen molar-refractivity contribution in [3.63, 3.8) is 0 Å². The van der Waals surface area contributed by atoms with E-state index in [9.17, 15) is 22.8 Å². The first-order valence-corrected chi connectivity index (χ1v) is 10.6. The summed E-state index contributed by atoms with van der Waals surface area (Å²) in [6, 6.07) is 12.6. The van der Waals surface area contributed by atoms with Crippen molar-refractivity contribution in [1.82, 2.24) is 5.32 Å². The molecule has 1 amide bonds. The lowest BCUT2D eigenvalue weighted by Gasteiger charge is -2.13. The van der Waals surface area contributed by atoms with E-state index >= 15 is 0 Å². The van der Waals surface area contributed by atoms with Crippen molar-refractivity contribution in [2.24, 2.45) is 0 Å². The van der Waals surface area contributed by atoms with Crippen molar-refractivity contribution in [3.05, 3.63) is 65.2 Å². The van der Waals surface area contributed by atoms with Crippen LogP contribution in [0, 0.1) is 6.92 Å². The second kappa shape index (κ2) is 9.33. The lowest BCUT2D eigenvalue weighted by molar-refractivity contribution is -0.145. The van der Waals surface area contributed by atoms with Crippen LogP contribution in [-0.2, 0) is 19.6 Å². The second-order valence-electron chi connectivity index (χ2n) is 6.50. The number of Topliss-reactive ketones (excluding diaryl/α,β-unsaturated/α-hetero) is 1. The monoisotopic (exact) mass is 418 g/mol. The maximum absolute atomic E-state index is 12.4. The number of hydrogen-bond acceptors (Lipinski definition) is 6. The molecule has 9 heteroatoms. The van der Waals surface area contributed by atoms with Gasteiger partial charge in [-0.2, -0.15) is 0 Å². The third kappa shape index (κ3) is 7.04. The van der Waals surface area contributed by atoms with E-state index in [-0.39, 0.29) is 12.1 Å². The largest absolute Gasteiger partial charge is 0.453 e. The van der Waals surface area contributed by atoms with Gasteiger partial charge in [-0.25, -0.2) is 8.42 Å². The van der Waals surface area contributed by atoms with Gasteiger partial charge >= 0.3 is 5.97 Å². The minimum absolute atomic E-state index is 0.257. The summed E-state index contributed by atoms with van der Waals surface area (Å²) in [5.41, 5.74) is 1.99. The standard InChI is InChI=1S/C20H22N2O6S/c1-13-4-6-16(7-5-13)20(25)21-12-18(23)28-14(2)19(24)15-8-10-17(11-9-15)22-29(3,26)27/h4-11,14,22H,12H2,1-3H3,(H,21,25)/t14-/m0/s1. The summed E-state index contributed by atoms with van der Waals surface area (Å²) in [6.07, 6.45) is -0.0435. The van der Waals surface area contributed by atoms with Gasteiger partial charge in [0, 0.05) is 16.8 Å². The molecule has 0 bridgehead atoms. The summed E-state index contributed by atoms with van der Waals surface area (Å²) >= 11 is 0. The highest BCUT2D eigenvalue weighted by Gasteiger charge is 2.20. The zero-order valence-electron chi connectivity index (χ0n) is 16.3. The van der Waals surface area contributed by atoms with Gasteiger partial charge in [0.1, 0.15) is 6.54 Å². The predicted molar refractivity (Wildman–Crippen MR) is 108 cm³/mol. The van der Waals surface area contributed by atoms with Crippen molar-refractivity contribution in [2.45, 2.75) is 20.0 Å². The van der Waals surface area contributed by atoms with Crippen LogP contribution in [0.5, 0.6) is 0 Å². The van der Waals surface area contributed by atoms with Crippen LogP contribution in [0.1, 0.15) is 33.2 Å². The molecule has 0 spiro atoms. The summed E-state index contributed by atoms with van der Waals surface area (Å²) in [5.74, 6) is -1.62. The molecule has 0 aliphatic heterocycles. The zero-order chi connectivity index (χ0) is 21.6. The van der Waals surface area contributed by atoms with Gasteiger partial charge < -0.3 is 10.1 Å². The van der Waals surface area contributed by atoms with Gasteiger partial charge in [-0.05, 0) is 50.2 Å². The number of benzene rings is 2. The Morgan fingerprint density at radius 1 is 0.966 bits per heavy atom. The molecule has 1 atom stereocenters. The molecule has 154 valence electrons. The maximum Gasteiger partial charge on any atom is 0.326 e. The van der Waals surface area contributed by atoms with Crippen LogP contribution in [0.4, 0.5) is 5.69 Å². The number of ketones is 1. The van der Waals surface area contributed by atoms with Gasteiger partial charge in [-0.15, -0.1) is 0 Å². The van der Waals surface area contributed by atoms with E-state index in [0.29, 0.717) is 11.3 Å². The molecule has 2 rings (SSSR count). The first-order chi connectivity index (χ1) is 13.5. The third-order valence-corrected chi connectivity index (χ3v) is 4.46. The molecule has 29 heavy (non-hydrogen) atoms. The average molecular weight is 418 g/mol. The Labute approximate surface area is 169 Å². The number of anilines is 1. The fourth-order valence-corrected chi connectivity index (χ4v) is 2.97. The number of amides is 1.